The van der Waals surface area contributed by atoms with Gasteiger partial charge in [0.25, 0.3) is 5.92 Å². The summed E-state index contributed by atoms with van der Waals surface area (Å²) in [5, 5.41) is 10.7. The lowest BCUT2D eigenvalue weighted by molar-refractivity contribution is -0.0955. The Morgan fingerprint density at radius 1 is 1.05 bits per heavy atom. The lowest BCUT2D eigenvalue weighted by atomic mass is 9.83. The smallest absolute Gasteiger partial charge is 0.251 e. The molecule has 112 valence electrons. The van der Waals surface area contributed by atoms with Gasteiger partial charge in [-0.1, -0.05) is 20.8 Å². The maximum atomic E-state index is 12.6. The summed E-state index contributed by atoms with van der Waals surface area (Å²) < 4.78 is 25.1. The number of nitrogens with one attached hydrogen (secondary N) is 1. The Balaban J connectivity index is 0.000000573. The predicted molar refractivity (Wildman–Crippen MR) is 75.2 cm³/mol. The van der Waals surface area contributed by atoms with Gasteiger partial charge in [0.1, 0.15) is 0 Å². The van der Waals surface area contributed by atoms with Crippen LogP contribution in [-0.4, -0.2) is 18.0 Å². The molecule has 19 heavy (non-hydrogen) atoms. The molecule has 2 rings (SSSR count). The standard InChI is InChI=1S/C11H19F2N.C2H3N.C2H6/c1-8-2-4-9(5-3-8)14-10-6-11(12,13)7-10;1-2-3;1-2/h8-10,14H,2-7H2,1H3;1H3;1-2H3. The van der Waals surface area contributed by atoms with Crippen molar-refractivity contribution in [2.75, 3.05) is 0 Å². The van der Waals surface area contributed by atoms with Gasteiger partial charge in [0.2, 0.25) is 0 Å². The van der Waals surface area contributed by atoms with Gasteiger partial charge in [0.05, 0.1) is 6.07 Å². The van der Waals surface area contributed by atoms with Crippen LogP contribution in [0.2, 0.25) is 0 Å². The highest BCUT2D eigenvalue weighted by atomic mass is 19.3. The van der Waals surface area contributed by atoms with Gasteiger partial charge in [0.15, 0.2) is 0 Å². The first kappa shape index (κ1) is 18.3. The van der Waals surface area contributed by atoms with Crippen molar-refractivity contribution >= 4 is 0 Å². The molecular weight excluding hydrogens is 246 g/mol. The molecule has 0 atom stereocenters. The van der Waals surface area contributed by atoms with Crippen LogP contribution >= 0.6 is 0 Å². The average Bonchev–Trinajstić information content (AvgIpc) is 2.33. The van der Waals surface area contributed by atoms with Crippen LogP contribution in [-0.2, 0) is 0 Å². The Labute approximate surface area is 116 Å². The zero-order valence-electron chi connectivity index (χ0n) is 12.7. The summed E-state index contributed by atoms with van der Waals surface area (Å²) in [6, 6.07) is 2.34. The third-order valence-electron chi connectivity index (χ3n) is 3.58. The monoisotopic (exact) mass is 274 g/mol. The molecule has 0 bridgehead atoms. The minimum atomic E-state index is -2.38. The maximum Gasteiger partial charge on any atom is 0.251 e. The molecule has 1 N–H and O–H groups in total. The van der Waals surface area contributed by atoms with Crippen LogP contribution in [0.4, 0.5) is 8.78 Å². The molecule has 2 aliphatic carbocycles. The van der Waals surface area contributed by atoms with Gasteiger partial charge in [-0.3, -0.25) is 0 Å². The summed E-state index contributed by atoms with van der Waals surface area (Å²) in [7, 11) is 0. The number of alkyl halides is 2. The van der Waals surface area contributed by atoms with E-state index < -0.39 is 5.92 Å². The second kappa shape index (κ2) is 9.25. The topological polar surface area (TPSA) is 35.8 Å². The zero-order chi connectivity index (χ0) is 14.9. The Kier molecular flexibility index (Phi) is 8.92. The SMILES string of the molecule is CC.CC#N.CC1CCC(NC2CC(F)(F)C2)CC1. The van der Waals surface area contributed by atoms with E-state index in [0.29, 0.717) is 6.04 Å². The molecule has 0 saturated heterocycles. The van der Waals surface area contributed by atoms with E-state index in [0.717, 1.165) is 5.92 Å². The summed E-state index contributed by atoms with van der Waals surface area (Å²) in [6.45, 7) is 7.70. The second-order valence-electron chi connectivity index (χ2n) is 5.31. The lowest BCUT2D eigenvalue weighted by Gasteiger charge is -2.39. The first-order valence-electron chi connectivity index (χ1n) is 7.41. The normalized spacial score (nSPS) is 28.7. The van der Waals surface area contributed by atoms with E-state index in [1.165, 1.54) is 32.6 Å². The molecule has 2 nitrogen and oxygen atoms in total. The van der Waals surface area contributed by atoms with E-state index in [1.54, 1.807) is 6.07 Å². The predicted octanol–water partition coefficient (Wildman–Crippen LogP) is 4.51. The highest BCUT2D eigenvalue weighted by Gasteiger charge is 2.45. The van der Waals surface area contributed by atoms with Crippen molar-refractivity contribution in [2.45, 2.75) is 84.2 Å². The van der Waals surface area contributed by atoms with Gasteiger partial charge < -0.3 is 5.32 Å². The number of nitriles is 1. The average molecular weight is 274 g/mol. The molecule has 0 aromatic carbocycles. The Morgan fingerprint density at radius 2 is 1.47 bits per heavy atom. The van der Waals surface area contributed by atoms with E-state index in [-0.39, 0.29) is 18.9 Å². The van der Waals surface area contributed by atoms with Crippen molar-refractivity contribution in [3.63, 3.8) is 0 Å². The molecule has 0 aromatic rings. The molecular formula is C15H28F2N2. The van der Waals surface area contributed by atoms with Gasteiger partial charge in [-0.2, -0.15) is 5.26 Å². The molecule has 0 unspecified atom stereocenters. The molecule has 0 amide bonds. The lowest BCUT2D eigenvalue weighted by Crippen LogP contribution is -2.52. The highest BCUT2D eigenvalue weighted by Crippen LogP contribution is 2.38. The van der Waals surface area contributed by atoms with Gasteiger partial charge in [0, 0.05) is 31.8 Å². The van der Waals surface area contributed by atoms with Crippen LogP contribution in [0.1, 0.15) is 66.2 Å². The van der Waals surface area contributed by atoms with Crippen LogP contribution in [0, 0.1) is 17.2 Å². The fourth-order valence-electron chi connectivity index (χ4n) is 2.54. The quantitative estimate of drug-likeness (QED) is 0.804. The third-order valence-corrected chi connectivity index (χ3v) is 3.58. The van der Waals surface area contributed by atoms with Crippen molar-refractivity contribution in [3.8, 4) is 6.07 Å². The summed E-state index contributed by atoms with van der Waals surface area (Å²) >= 11 is 0. The van der Waals surface area contributed by atoms with Crippen molar-refractivity contribution in [3.05, 3.63) is 0 Å². The fraction of sp³-hybridized carbons (Fsp3) is 0.933. The van der Waals surface area contributed by atoms with Gasteiger partial charge in [-0.15, -0.1) is 0 Å². The largest absolute Gasteiger partial charge is 0.311 e. The molecule has 4 heteroatoms. The van der Waals surface area contributed by atoms with E-state index in [9.17, 15) is 8.78 Å². The molecule has 2 aliphatic rings. The number of nitrogens with zero attached hydrogens (tertiary/aromatic N) is 1. The number of hydrogen-bond acceptors (Lipinski definition) is 2. The van der Waals surface area contributed by atoms with E-state index in [2.05, 4.69) is 12.2 Å². The van der Waals surface area contributed by atoms with Gasteiger partial charge >= 0.3 is 0 Å². The minimum Gasteiger partial charge on any atom is -0.311 e. The number of rotatable bonds is 2. The van der Waals surface area contributed by atoms with Crippen LogP contribution in [0.5, 0.6) is 0 Å². The molecule has 0 spiro atoms. The van der Waals surface area contributed by atoms with Crippen molar-refractivity contribution in [1.82, 2.24) is 5.32 Å². The third kappa shape index (κ3) is 7.47. The summed E-state index contributed by atoms with van der Waals surface area (Å²) in [5.74, 6) is -1.55. The molecule has 0 aromatic heterocycles. The molecule has 2 fully saturated rings. The van der Waals surface area contributed by atoms with Crippen molar-refractivity contribution in [1.29, 1.82) is 5.26 Å². The molecule has 0 aliphatic heterocycles. The second-order valence-corrected chi connectivity index (χ2v) is 5.31. The fourth-order valence-corrected chi connectivity index (χ4v) is 2.54. The maximum absolute atomic E-state index is 12.6. The van der Waals surface area contributed by atoms with Gasteiger partial charge in [-0.25, -0.2) is 8.78 Å². The molecule has 0 radical (unpaired) electrons. The number of hydrogen-bond donors (Lipinski definition) is 1. The first-order valence-corrected chi connectivity index (χ1v) is 7.41. The van der Waals surface area contributed by atoms with Crippen molar-refractivity contribution in [2.24, 2.45) is 5.92 Å². The molecule has 2 saturated carbocycles. The van der Waals surface area contributed by atoms with Crippen LogP contribution < -0.4 is 5.32 Å². The molecule has 0 heterocycles. The Hall–Kier alpha value is -0.690. The summed E-state index contributed by atoms with van der Waals surface area (Å²) in [5.41, 5.74) is 0. The number of halogens is 2. The summed E-state index contributed by atoms with van der Waals surface area (Å²) in [4.78, 5) is 0. The van der Waals surface area contributed by atoms with E-state index >= 15 is 0 Å². The Bertz CT molecular complexity index is 258. The van der Waals surface area contributed by atoms with Gasteiger partial charge in [-0.05, 0) is 31.6 Å². The highest BCUT2D eigenvalue weighted by molar-refractivity contribution is 4.93. The van der Waals surface area contributed by atoms with Crippen LogP contribution in [0.15, 0.2) is 0 Å². The Morgan fingerprint density at radius 3 is 1.84 bits per heavy atom. The zero-order valence-corrected chi connectivity index (χ0v) is 12.7. The van der Waals surface area contributed by atoms with E-state index in [1.807, 2.05) is 13.8 Å². The van der Waals surface area contributed by atoms with Crippen LogP contribution in [0.3, 0.4) is 0 Å². The summed E-state index contributed by atoms with van der Waals surface area (Å²) in [6.07, 6.45) is 4.95. The van der Waals surface area contributed by atoms with Crippen LogP contribution in [0.25, 0.3) is 0 Å². The van der Waals surface area contributed by atoms with E-state index in [4.69, 9.17) is 5.26 Å². The van der Waals surface area contributed by atoms with Crippen molar-refractivity contribution < 1.29 is 8.78 Å². The minimum absolute atomic E-state index is 0.0546. The first-order chi connectivity index (χ1) is 8.96.